The first-order chi connectivity index (χ1) is 18.1. The zero-order valence-electron chi connectivity index (χ0n) is 21.5. The molecule has 0 amide bonds. The van der Waals surface area contributed by atoms with Crippen molar-refractivity contribution in [3.8, 4) is 17.0 Å². The molecule has 1 N–H and O–H groups in total. The van der Waals surface area contributed by atoms with Crippen LogP contribution in [0.2, 0.25) is 0 Å². The number of alkyl halides is 3. The van der Waals surface area contributed by atoms with E-state index >= 15 is 0 Å². The largest absolute Gasteiger partial charge is 0.488 e. The summed E-state index contributed by atoms with van der Waals surface area (Å²) in [5.74, 6) is -1.03. The van der Waals surface area contributed by atoms with Gasteiger partial charge < -0.3 is 19.7 Å². The number of fused-ring (bicyclic) bond motifs is 1. The summed E-state index contributed by atoms with van der Waals surface area (Å²) in [6.07, 6.45) is -1.48. The molecule has 1 aromatic heterocycles. The lowest BCUT2D eigenvalue weighted by atomic mass is 10.00. The second-order valence-corrected chi connectivity index (χ2v) is 11.0. The fraction of sp³-hybridized carbons (Fsp3) is 0.630. The fourth-order valence-corrected chi connectivity index (χ4v) is 6.07. The van der Waals surface area contributed by atoms with Crippen molar-refractivity contribution in [2.75, 3.05) is 38.2 Å². The Morgan fingerprint density at radius 2 is 1.71 bits per heavy atom. The maximum absolute atomic E-state index is 14.7. The van der Waals surface area contributed by atoms with E-state index in [1.807, 2.05) is 0 Å². The lowest BCUT2D eigenvalue weighted by Gasteiger charge is -2.28. The molecule has 3 fully saturated rings. The minimum atomic E-state index is -4.75. The van der Waals surface area contributed by atoms with Gasteiger partial charge in [-0.3, -0.25) is 0 Å². The number of benzene rings is 1. The Hall–Kier alpha value is -2.53. The first-order valence-electron chi connectivity index (χ1n) is 13.2. The van der Waals surface area contributed by atoms with Gasteiger partial charge in [-0.2, -0.15) is 13.2 Å². The number of aromatic nitrogens is 2. The molecular weight excluding hydrogens is 507 g/mol. The Labute approximate surface area is 218 Å². The third-order valence-electron chi connectivity index (χ3n) is 7.78. The van der Waals surface area contributed by atoms with Gasteiger partial charge in [0.2, 0.25) is 0 Å². The average Bonchev–Trinajstić information content (AvgIpc) is 3.39. The monoisotopic (exact) mass is 540 g/mol. The summed E-state index contributed by atoms with van der Waals surface area (Å²) < 4.78 is 81.8. The summed E-state index contributed by atoms with van der Waals surface area (Å²) >= 11 is 0. The molecular formula is C27H33F5N4O2. The van der Waals surface area contributed by atoms with E-state index in [1.165, 1.54) is 0 Å². The van der Waals surface area contributed by atoms with Gasteiger partial charge in [0.15, 0.2) is 17.4 Å². The van der Waals surface area contributed by atoms with Crippen molar-refractivity contribution in [2.24, 2.45) is 17.8 Å². The van der Waals surface area contributed by atoms with Gasteiger partial charge in [-0.1, -0.05) is 0 Å². The maximum atomic E-state index is 14.7. The van der Waals surface area contributed by atoms with Crippen LogP contribution in [0.5, 0.6) is 5.75 Å². The lowest BCUT2D eigenvalue weighted by Crippen LogP contribution is -2.32. The van der Waals surface area contributed by atoms with Crippen LogP contribution in [-0.4, -0.2) is 60.1 Å². The van der Waals surface area contributed by atoms with Gasteiger partial charge in [0.05, 0.1) is 11.8 Å². The molecule has 3 heterocycles. The van der Waals surface area contributed by atoms with Crippen molar-refractivity contribution in [1.29, 1.82) is 0 Å². The van der Waals surface area contributed by atoms with E-state index in [2.05, 4.69) is 20.4 Å². The number of ether oxygens (including phenoxy) is 2. The highest BCUT2D eigenvalue weighted by atomic mass is 19.4. The summed E-state index contributed by atoms with van der Waals surface area (Å²) in [4.78, 5) is 2.49. The second kappa shape index (κ2) is 10.9. The quantitative estimate of drug-likeness (QED) is 0.450. The normalized spacial score (nSPS) is 24.7. The number of hydrogen-bond donors (Lipinski definition) is 1. The second-order valence-electron chi connectivity index (χ2n) is 11.0. The minimum Gasteiger partial charge on any atom is -0.488 e. The van der Waals surface area contributed by atoms with Crippen molar-refractivity contribution < 1.29 is 31.4 Å². The zero-order chi connectivity index (χ0) is 27.0. The summed E-state index contributed by atoms with van der Waals surface area (Å²) in [6.45, 7) is 7.91. The number of rotatable bonds is 7. The van der Waals surface area contributed by atoms with Crippen LogP contribution in [0.1, 0.15) is 45.1 Å². The van der Waals surface area contributed by atoms with Crippen molar-refractivity contribution >= 4 is 5.82 Å². The van der Waals surface area contributed by atoms with Crippen LogP contribution in [0.15, 0.2) is 18.2 Å². The van der Waals surface area contributed by atoms with Crippen molar-refractivity contribution in [1.82, 2.24) is 15.1 Å². The van der Waals surface area contributed by atoms with Gasteiger partial charge in [-0.15, -0.1) is 10.2 Å². The molecule has 11 heteroatoms. The van der Waals surface area contributed by atoms with Gasteiger partial charge in [0.1, 0.15) is 11.4 Å². The molecule has 0 radical (unpaired) electrons. The van der Waals surface area contributed by atoms with Crippen LogP contribution < -0.4 is 10.1 Å². The number of anilines is 1. The SMILES string of the molecule is CC(C)Oc1cc(F)c(-c2cc(C(F)(F)F)c(N[C@@H]3C[C@@H]4CN(CC5CCOCC5)C[C@@H]4C3)nn2)cc1F. The number of halogens is 5. The molecule has 0 bridgehead atoms. The molecule has 0 unspecified atom stereocenters. The van der Waals surface area contributed by atoms with Gasteiger partial charge in [0, 0.05) is 50.5 Å². The van der Waals surface area contributed by atoms with Crippen LogP contribution in [-0.2, 0) is 10.9 Å². The van der Waals surface area contributed by atoms with Crippen molar-refractivity contribution in [3.05, 3.63) is 35.4 Å². The van der Waals surface area contributed by atoms with Crippen LogP contribution in [0.3, 0.4) is 0 Å². The Morgan fingerprint density at radius 3 is 2.34 bits per heavy atom. The molecule has 2 saturated heterocycles. The van der Waals surface area contributed by atoms with E-state index in [9.17, 15) is 22.0 Å². The number of hydrogen-bond acceptors (Lipinski definition) is 6. The molecule has 2 aliphatic heterocycles. The topological polar surface area (TPSA) is 59.5 Å². The molecule has 6 nitrogen and oxygen atoms in total. The van der Waals surface area contributed by atoms with Gasteiger partial charge in [-0.25, -0.2) is 8.78 Å². The van der Waals surface area contributed by atoms with Gasteiger partial charge in [-0.05, 0) is 69.4 Å². The molecule has 5 rings (SSSR count). The average molecular weight is 541 g/mol. The molecule has 38 heavy (non-hydrogen) atoms. The number of nitrogens with one attached hydrogen (secondary N) is 1. The summed E-state index contributed by atoms with van der Waals surface area (Å²) in [5, 5.41) is 10.6. The van der Waals surface area contributed by atoms with E-state index in [0.717, 1.165) is 76.7 Å². The Balaban J connectivity index is 1.28. The van der Waals surface area contributed by atoms with Gasteiger partial charge in [0.25, 0.3) is 0 Å². The molecule has 1 saturated carbocycles. The first kappa shape index (κ1) is 27.1. The highest BCUT2D eigenvalue weighted by Gasteiger charge is 2.43. The van der Waals surface area contributed by atoms with Crippen LogP contribution in [0.4, 0.5) is 27.8 Å². The van der Waals surface area contributed by atoms with E-state index in [1.54, 1.807) is 13.8 Å². The Bertz CT molecular complexity index is 1130. The summed E-state index contributed by atoms with van der Waals surface area (Å²) in [6, 6.07) is 2.17. The van der Waals surface area contributed by atoms with Crippen LogP contribution in [0, 0.1) is 29.4 Å². The maximum Gasteiger partial charge on any atom is 0.420 e. The third-order valence-corrected chi connectivity index (χ3v) is 7.78. The molecule has 0 spiro atoms. The van der Waals surface area contributed by atoms with E-state index in [0.29, 0.717) is 17.8 Å². The zero-order valence-corrected chi connectivity index (χ0v) is 21.5. The van der Waals surface area contributed by atoms with E-state index < -0.39 is 40.7 Å². The highest BCUT2D eigenvalue weighted by molar-refractivity contribution is 5.64. The van der Waals surface area contributed by atoms with Crippen molar-refractivity contribution in [3.63, 3.8) is 0 Å². The van der Waals surface area contributed by atoms with Crippen LogP contribution >= 0.6 is 0 Å². The lowest BCUT2D eigenvalue weighted by molar-refractivity contribution is -0.137. The van der Waals surface area contributed by atoms with E-state index in [-0.39, 0.29) is 17.6 Å². The van der Waals surface area contributed by atoms with Crippen molar-refractivity contribution in [2.45, 2.75) is 57.9 Å². The molecule has 3 aliphatic rings. The summed E-state index contributed by atoms with van der Waals surface area (Å²) in [7, 11) is 0. The van der Waals surface area contributed by atoms with E-state index in [4.69, 9.17) is 9.47 Å². The first-order valence-corrected chi connectivity index (χ1v) is 13.2. The molecule has 2 aromatic rings. The predicted molar refractivity (Wildman–Crippen MR) is 132 cm³/mol. The number of likely N-dealkylation sites (tertiary alicyclic amines) is 1. The Morgan fingerprint density at radius 1 is 1.03 bits per heavy atom. The fourth-order valence-electron chi connectivity index (χ4n) is 6.07. The van der Waals surface area contributed by atoms with Crippen LogP contribution in [0.25, 0.3) is 11.3 Å². The molecule has 1 aliphatic carbocycles. The molecule has 3 atom stereocenters. The Kier molecular flexibility index (Phi) is 7.77. The molecule has 1 aromatic carbocycles. The minimum absolute atomic E-state index is 0.155. The smallest absolute Gasteiger partial charge is 0.420 e. The third kappa shape index (κ3) is 6.03. The number of nitrogens with zero attached hydrogens (tertiary/aromatic N) is 3. The highest BCUT2D eigenvalue weighted by Crippen LogP contribution is 2.42. The van der Waals surface area contributed by atoms with Gasteiger partial charge >= 0.3 is 6.18 Å². The molecule has 208 valence electrons. The standard InChI is InChI=1S/C27H33F5N4O2/c1-15(2)38-25-11-22(28)20(9-23(25)29)24-10-21(27(30,31)32)26(35-34-24)33-19-7-17-13-36(14-18(17)8-19)12-16-3-5-37-6-4-16/h9-11,15-19H,3-8,12-14H2,1-2H3,(H,33,35)/t17-,18+,19-. The summed E-state index contributed by atoms with van der Waals surface area (Å²) in [5.41, 5.74) is -1.87. The predicted octanol–water partition coefficient (Wildman–Crippen LogP) is 5.78.